The minimum Gasteiger partial charge on any atom is -0.308 e. The molecule has 2 N–H and O–H groups in total. The van der Waals surface area contributed by atoms with Crippen molar-refractivity contribution in [3.63, 3.8) is 0 Å². The zero-order valence-electron chi connectivity index (χ0n) is 11.7. The lowest BCUT2D eigenvalue weighted by molar-refractivity contribution is 0.101. The van der Waals surface area contributed by atoms with Crippen LogP contribution in [0.5, 0.6) is 0 Å². The van der Waals surface area contributed by atoms with Crippen LogP contribution < -0.4 is 10.6 Å². The lowest BCUT2D eigenvalue weighted by Crippen LogP contribution is -2.20. The van der Waals surface area contributed by atoms with Gasteiger partial charge in [-0.15, -0.1) is 0 Å². The van der Waals surface area contributed by atoms with Crippen molar-refractivity contribution in [1.82, 2.24) is 0 Å². The Kier molecular flexibility index (Phi) is 4.33. The number of ketones is 1. The molecule has 0 atom stereocenters. The van der Waals surface area contributed by atoms with Crippen LogP contribution in [0, 0.1) is 12.7 Å². The second-order valence-corrected chi connectivity index (χ2v) is 4.70. The summed E-state index contributed by atoms with van der Waals surface area (Å²) in [6, 6.07) is 10.4. The number of hydrogen-bond acceptors (Lipinski definition) is 2. The Hall–Kier alpha value is -2.69. The van der Waals surface area contributed by atoms with Crippen molar-refractivity contribution in [2.75, 3.05) is 10.6 Å². The van der Waals surface area contributed by atoms with E-state index in [1.807, 2.05) is 0 Å². The first kappa shape index (κ1) is 14.7. The highest BCUT2D eigenvalue weighted by atomic mass is 19.1. The molecule has 0 fully saturated rings. The molecule has 4 nitrogen and oxygen atoms in total. The zero-order chi connectivity index (χ0) is 15.4. The maximum Gasteiger partial charge on any atom is 0.323 e. The fraction of sp³-hybridized carbons (Fsp3) is 0.125. The number of halogens is 1. The Morgan fingerprint density at radius 1 is 1.05 bits per heavy atom. The van der Waals surface area contributed by atoms with Gasteiger partial charge in [0.05, 0.1) is 5.69 Å². The summed E-state index contributed by atoms with van der Waals surface area (Å²) in [6.45, 7) is 3.25. The van der Waals surface area contributed by atoms with Crippen LogP contribution in [0.1, 0.15) is 22.8 Å². The first-order valence-corrected chi connectivity index (χ1v) is 6.41. The van der Waals surface area contributed by atoms with E-state index in [2.05, 4.69) is 10.6 Å². The Labute approximate surface area is 122 Å². The van der Waals surface area contributed by atoms with Crippen LogP contribution in [0.2, 0.25) is 0 Å². The predicted molar refractivity (Wildman–Crippen MR) is 80.2 cm³/mol. The average molecular weight is 286 g/mol. The molecule has 0 aliphatic heterocycles. The molecule has 0 aliphatic rings. The summed E-state index contributed by atoms with van der Waals surface area (Å²) >= 11 is 0. The van der Waals surface area contributed by atoms with Gasteiger partial charge < -0.3 is 10.6 Å². The number of anilines is 2. The van der Waals surface area contributed by atoms with Gasteiger partial charge in [-0.3, -0.25) is 4.79 Å². The van der Waals surface area contributed by atoms with Gasteiger partial charge >= 0.3 is 6.03 Å². The molecule has 0 aliphatic carbocycles. The fourth-order valence-corrected chi connectivity index (χ4v) is 1.84. The number of carbonyl (C=O) groups is 2. The maximum absolute atomic E-state index is 13.6. The largest absolute Gasteiger partial charge is 0.323 e. The first-order valence-electron chi connectivity index (χ1n) is 6.41. The molecular formula is C16H15FN2O2. The summed E-state index contributed by atoms with van der Waals surface area (Å²) in [5.41, 5.74) is 1.91. The van der Waals surface area contributed by atoms with Crippen LogP contribution in [-0.2, 0) is 0 Å². The Bertz CT molecular complexity index is 698. The summed E-state index contributed by atoms with van der Waals surface area (Å²) in [4.78, 5) is 23.1. The predicted octanol–water partition coefficient (Wildman–Crippen LogP) is 3.98. The van der Waals surface area contributed by atoms with Crippen LogP contribution in [0.4, 0.5) is 20.6 Å². The summed E-state index contributed by atoms with van der Waals surface area (Å²) < 4.78 is 13.6. The van der Waals surface area contributed by atoms with Crippen molar-refractivity contribution < 1.29 is 14.0 Å². The van der Waals surface area contributed by atoms with Crippen molar-refractivity contribution in [2.24, 2.45) is 0 Å². The van der Waals surface area contributed by atoms with E-state index in [1.165, 1.54) is 13.0 Å². The number of amides is 2. The van der Waals surface area contributed by atoms with Crippen molar-refractivity contribution in [3.05, 3.63) is 59.4 Å². The average Bonchev–Trinajstić information content (AvgIpc) is 2.43. The molecule has 2 amide bonds. The van der Waals surface area contributed by atoms with Crippen molar-refractivity contribution in [2.45, 2.75) is 13.8 Å². The Balaban J connectivity index is 2.10. The molecule has 0 bridgehead atoms. The summed E-state index contributed by atoms with van der Waals surface area (Å²) in [5.74, 6) is -0.600. The van der Waals surface area contributed by atoms with E-state index in [4.69, 9.17) is 0 Å². The van der Waals surface area contributed by atoms with E-state index in [1.54, 1.807) is 43.3 Å². The molecule has 0 radical (unpaired) electrons. The minimum atomic E-state index is -0.569. The molecule has 2 aromatic carbocycles. The van der Waals surface area contributed by atoms with Gasteiger partial charge in [-0.1, -0.05) is 18.2 Å². The molecule has 2 rings (SSSR count). The van der Waals surface area contributed by atoms with Gasteiger partial charge in [-0.2, -0.15) is 0 Å². The first-order chi connectivity index (χ1) is 9.95. The summed E-state index contributed by atoms with van der Waals surface area (Å²) in [6.07, 6.45) is 0. The molecule has 108 valence electrons. The molecule has 0 aromatic heterocycles. The third-order valence-electron chi connectivity index (χ3n) is 2.90. The molecule has 0 saturated carbocycles. The van der Waals surface area contributed by atoms with E-state index in [9.17, 15) is 14.0 Å². The highest BCUT2D eigenvalue weighted by Crippen LogP contribution is 2.17. The molecule has 0 heterocycles. The van der Waals surface area contributed by atoms with Crippen LogP contribution in [0.25, 0.3) is 0 Å². The quantitative estimate of drug-likeness (QED) is 0.838. The smallest absolute Gasteiger partial charge is 0.308 e. The number of urea groups is 1. The number of aryl methyl sites for hydroxylation is 1. The van der Waals surface area contributed by atoms with E-state index >= 15 is 0 Å². The lowest BCUT2D eigenvalue weighted by atomic mass is 10.1. The van der Waals surface area contributed by atoms with E-state index in [0.29, 0.717) is 11.3 Å². The number of carbonyl (C=O) groups excluding carboxylic acids is 2. The maximum atomic E-state index is 13.6. The van der Waals surface area contributed by atoms with E-state index < -0.39 is 11.8 Å². The Morgan fingerprint density at radius 3 is 2.52 bits per heavy atom. The van der Waals surface area contributed by atoms with Crippen molar-refractivity contribution in [1.29, 1.82) is 0 Å². The van der Waals surface area contributed by atoms with Crippen LogP contribution >= 0.6 is 0 Å². The minimum absolute atomic E-state index is 0.0937. The second-order valence-electron chi connectivity index (χ2n) is 4.70. The summed E-state index contributed by atoms with van der Waals surface area (Å²) in [5, 5.41) is 5.00. The highest BCUT2D eigenvalue weighted by molar-refractivity contribution is 6.01. The molecule has 2 aromatic rings. The second kappa shape index (κ2) is 6.17. The standard InChI is InChI=1S/C16H15FN2O2/c1-10-6-7-14(17)15(8-10)19-16(21)18-13-5-3-4-12(9-13)11(2)20/h3-9H,1-2H3,(H2,18,19,21). The topological polar surface area (TPSA) is 58.2 Å². The monoisotopic (exact) mass is 286 g/mol. The molecular weight excluding hydrogens is 271 g/mol. The number of nitrogens with one attached hydrogen (secondary N) is 2. The van der Waals surface area contributed by atoms with E-state index in [0.717, 1.165) is 5.56 Å². The number of benzene rings is 2. The van der Waals surface area contributed by atoms with Crippen LogP contribution in [0.15, 0.2) is 42.5 Å². The van der Waals surface area contributed by atoms with Crippen LogP contribution in [0.3, 0.4) is 0 Å². The molecule has 0 unspecified atom stereocenters. The molecule has 0 spiro atoms. The number of rotatable bonds is 3. The van der Waals surface area contributed by atoms with Crippen molar-refractivity contribution in [3.8, 4) is 0 Å². The highest BCUT2D eigenvalue weighted by Gasteiger charge is 2.08. The third kappa shape index (κ3) is 3.89. The summed E-state index contributed by atoms with van der Waals surface area (Å²) in [7, 11) is 0. The van der Waals surface area contributed by atoms with Gasteiger partial charge in [0.2, 0.25) is 0 Å². The van der Waals surface area contributed by atoms with E-state index in [-0.39, 0.29) is 11.5 Å². The zero-order valence-corrected chi connectivity index (χ0v) is 11.7. The third-order valence-corrected chi connectivity index (χ3v) is 2.90. The molecule has 21 heavy (non-hydrogen) atoms. The van der Waals surface area contributed by atoms with Gasteiger partial charge in [0, 0.05) is 11.3 Å². The van der Waals surface area contributed by atoms with Gasteiger partial charge in [-0.25, -0.2) is 9.18 Å². The van der Waals surface area contributed by atoms with Crippen molar-refractivity contribution >= 4 is 23.2 Å². The number of hydrogen-bond donors (Lipinski definition) is 2. The molecule has 0 saturated heterocycles. The SMILES string of the molecule is CC(=O)c1cccc(NC(=O)Nc2cc(C)ccc2F)c1. The van der Waals surface area contributed by atoms with Gasteiger partial charge in [0.25, 0.3) is 0 Å². The van der Waals surface area contributed by atoms with Gasteiger partial charge in [0.1, 0.15) is 5.82 Å². The van der Waals surface area contributed by atoms with Gasteiger partial charge in [0.15, 0.2) is 5.78 Å². The van der Waals surface area contributed by atoms with Crippen LogP contribution in [-0.4, -0.2) is 11.8 Å². The van der Waals surface area contributed by atoms with Gasteiger partial charge in [-0.05, 0) is 43.7 Å². The Morgan fingerprint density at radius 2 is 1.81 bits per heavy atom. The normalized spacial score (nSPS) is 10.0. The fourth-order valence-electron chi connectivity index (χ4n) is 1.84. The molecule has 5 heteroatoms. The lowest BCUT2D eigenvalue weighted by Gasteiger charge is -2.09. The number of Topliss-reactive ketones (excluding diaryl/α,β-unsaturated/α-hetero) is 1.